The minimum atomic E-state index is -0.631. The van der Waals surface area contributed by atoms with Crippen LogP contribution in [0.5, 0.6) is 0 Å². The number of carbonyl (C=O) groups excluding carboxylic acids is 1. The number of aliphatic hydroxyl groups excluding tert-OH is 1. The number of aliphatic hydroxyl groups is 1. The molecule has 0 amide bonds. The fourth-order valence-electron chi connectivity index (χ4n) is 0.477. The van der Waals surface area contributed by atoms with Gasteiger partial charge in [0.1, 0.15) is 6.10 Å². The topological polar surface area (TPSA) is 46.5 Å². The van der Waals surface area contributed by atoms with Crippen molar-refractivity contribution in [2.45, 2.75) is 19.4 Å². The molecule has 3 heteroatoms. The first kappa shape index (κ1) is 12.3. The van der Waals surface area contributed by atoms with Gasteiger partial charge in [-0.3, -0.25) is 0 Å². The molecule has 0 aromatic rings. The van der Waals surface area contributed by atoms with Gasteiger partial charge < -0.3 is 9.84 Å². The Balaban J connectivity index is 3.99. The molecule has 0 aliphatic carbocycles. The zero-order valence-electron chi connectivity index (χ0n) is 8.20. The fraction of sp³-hybridized carbons (Fsp3) is 0.364. The summed E-state index contributed by atoms with van der Waals surface area (Å²) in [7, 11) is 1.29. The molecule has 0 rings (SSSR count). The number of hydrogen-bond acceptors (Lipinski definition) is 3. The maximum absolute atomic E-state index is 10.5. The zero-order valence-corrected chi connectivity index (χ0v) is 8.20. The molecule has 14 heavy (non-hydrogen) atoms. The average molecular weight is 192 g/mol. The number of allylic oxidation sites excluding steroid dienone is 1. The first-order chi connectivity index (χ1) is 6.70. The van der Waals surface area contributed by atoms with E-state index in [1.165, 1.54) is 19.3 Å². The molecule has 3 nitrogen and oxygen atoms in total. The highest BCUT2D eigenvalue weighted by molar-refractivity contribution is 5.82. The van der Waals surface area contributed by atoms with Crippen LogP contribution in [0.25, 0.3) is 0 Å². The zero-order chi connectivity index (χ0) is 10.8. The number of hydrogen-bond donors (Lipinski definition) is 1. The van der Waals surface area contributed by atoms with E-state index in [0.717, 1.165) is 0 Å². The maximum atomic E-state index is 10.5. The summed E-state index contributed by atoms with van der Waals surface area (Å²) in [4.78, 5) is 10.5. The van der Waals surface area contributed by atoms with Crippen LogP contribution in [0.4, 0.5) is 0 Å². The van der Waals surface area contributed by atoms with Crippen molar-refractivity contribution in [2.75, 3.05) is 7.11 Å². The first-order valence-electron chi connectivity index (χ1n) is 4.14. The van der Waals surface area contributed by atoms with Crippen molar-refractivity contribution < 1.29 is 14.6 Å². The Morgan fingerprint density at radius 3 is 2.86 bits per heavy atom. The van der Waals surface area contributed by atoms with Crippen molar-refractivity contribution >= 4 is 5.97 Å². The number of methoxy groups -OCH3 is 1. The van der Waals surface area contributed by atoms with Crippen LogP contribution < -0.4 is 0 Å². The van der Waals surface area contributed by atoms with E-state index in [1.54, 1.807) is 0 Å². The van der Waals surface area contributed by atoms with E-state index in [9.17, 15) is 4.79 Å². The molecule has 0 unspecified atom stereocenters. The highest BCUT2D eigenvalue weighted by atomic mass is 16.5. The Morgan fingerprint density at radius 1 is 1.57 bits per heavy atom. The summed E-state index contributed by atoms with van der Waals surface area (Å²) < 4.78 is 4.34. The second-order valence-corrected chi connectivity index (χ2v) is 2.32. The van der Waals surface area contributed by atoms with Crippen LogP contribution in [-0.4, -0.2) is 24.3 Å². The minimum Gasteiger partial charge on any atom is -0.466 e. The summed E-state index contributed by atoms with van der Waals surface area (Å²) in [6.45, 7) is 1.82. The van der Waals surface area contributed by atoms with Gasteiger partial charge in [0.25, 0.3) is 0 Å². The largest absolute Gasteiger partial charge is 0.466 e. The molecule has 0 aliphatic heterocycles. The molecule has 0 aromatic carbocycles. The van der Waals surface area contributed by atoms with Crippen LogP contribution >= 0.6 is 0 Å². The Bertz CT molecular complexity index is 320. The van der Waals surface area contributed by atoms with Gasteiger partial charge >= 0.3 is 5.97 Å². The second kappa shape index (κ2) is 7.91. The lowest BCUT2D eigenvalue weighted by Gasteiger charge is -1.91. The van der Waals surface area contributed by atoms with Gasteiger partial charge in [-0.15, -0.1) is 0 Å². The van der Waals surface area contributed by atoms with E-state index in [0.29, 0.717) is 6.42 Å². The molecule has 0 saturated carbocycles. The molecular weight excluding hydrogens is 180 g/mol. The van der Waals surface area contributed by atoms with Crippen molar-refractivity contribution in [1.82, 2.24) is 0 Å². The lowest BCUT2D eigenvalue weighted by molar-refractivity contribution is -0.134. The van der Waals surface area contributed by atoms with E-state index in [4.69, 9.17) is 5.11 Å². The average Bonchev–Trinajstić information content (AvgIpc) is 2.22. The Kier molecular flexibility index (Phi) is 6.95. The highest BCUT2D eigenvalue weighted by Crippen LogP contribution is 1.84. The highest BCUT2D eigenvalue weighted by Gasteiger charge is 1.89. The number of carbonyl (C=O) groups is 1. The first-order valence-corrected chi connectivity index (χ1v) is 4.14. The third kappa shape index (κ3) is 6.97. The molecule has 0 radical (unpaired) electrons. The normalized spacial score (nSPS) is 10.8. The van der Waals surface area contributed by atoms with Crippen molar-refractivity contribution in [3.63, 3.8) is 0 Å². The van der Waals surface area contributed by atoms with E-state index in [2.05, 4.69) is 28.4 Å². The molecule has 0 saturated heterocycles. The molecule has 0 aromatic heterocycles. The summed E-state index contributed by atoms with van der Waals surface area (Å²) in [6.07, 6.45) is 2.49. The van der Waals surface area contributed by atoms with Gasteiger partial charge in [-0.2, -0.15) is 0 Å². The Hall–Kier alpha value is -1.71. The smallest absolute Gasteiger partial charge is 0.331 e. The third-order valence-corrected chi connectivity index (χ3v) is 1.26. The predicted octanol–water partition coefficient (Wildman–Crippen LogP) is 0.493. The lowest BCUT2D eigenvalue weighted by Crippen LogP contribution is -1.98. The Morgan fingerprint density at radius 2 is 2.29 bits per heavy atom. The van der Waals surface area contributed by atoms with Gasteiger partial charge in [0, 0.05) is 6.08 Å². The molecule has 74 valence electrons. The van der Waals surface area contributed by atoms with Gasteiger partial charge in [0.05, 0.1) is 7.11 Å². The van der Waals surface area contributed by atoms with Crippen molar-refractivity contribution in [2.24, 2.45) is 0 Å². The van der Waals surface area contributed by atoms with Crippen LogP contribution in [0.3, 0.4) is 0 Å². The summed E-state index contributed by atoms with van der Waals surface area (Å²) in [5.41, 5.74) is 0. The van der Waals surface area contributed by atoms with Crippen LogP contribution in [0.15, 0.2) is 12.2 Å². The summed E-state index contributed by atoms with van der Waals surface area (Å²) in [5.74, 6) is 9.50. The molecular formula is C11H12O3. The van der Waals surface area contributed by atoms with E-state index < -0.39 is 12.1 Å². The van der Waals surface area contributed by atoms with E-state index in [-0.39, 0.29) is 0 Å². The standard InChI is InChI=1S/C11H12O3/c1-3-10(12)8-6-4-5-7-9-11(13)14-2/h7,9-10,12H,3H2,1-2H3/b9-7+/t10-/m1/s1. The maximum Gasteiger partial charge on any atom is 0.331 e. The molecule has 1 atom stereocenters. The predicted molar refractivity (Wildman–Crippen MR) is 53.0 cm³/mol. The number of ether oxygens (including phenoxy) is 1. The van der Waals surface area contributed by atoms with Gasteiger partial charge in [-0.05, 0) is 24.3 Å². The summed E-state index contributed by atoms with van der Waals surface area (Å²) >= 11 is 0. The summed E-state index contributed by atoms with van der Waals surface area (Å²) in [6, 6.07) is 0. The quantitative estimate of drug-likeness (QED) is 0.393. The van der Waals surface area contributed by atoms with Gasteiger partial charge in [-0.1, -0.05) is 18.8 Å². The minimum absolute atomic E-state index is 0.458. The number of rotatable bonds is 2. The van der Waals surface area contributed by atoms with Gasteiger partial charge in [0.2, 0.25) is 0 Å². The molecule has 0 spiro atoms. The number of esters is 1. The summed E-state index contributed by atoms with van der Waals surface area (Å²) in [5, 5.41) is 9.01. The Labute approximate surface area is 83.8 Å². The van der Waals surface area contributed by atoms with Crippen LogP contribution in [-0.2, 0) is 9.53 Å². The third-order valence-electron chi connectivity index (χ3n) is 1.26. The van der Waals surface area contributed by atoms with Crippen LogP contribution in [0.2, 0.25) is 0 Å². The van der Waals surface area contributed by atoms with Crippen molar-refractivity contribution in [1.29, 1.82) is 0 Å². The van der Waals surface area contributed by atoms with Crippen molar-refractivity contribution in [3.8, 4) is 23.7 Å². The molecule has 0 bridgehead atoms. The van der Waals surface area contributed by atoms with E-state index in [1.807, 2.05) is 6.92 Å². The van der Waals surface area contributed by atoms with Crippen LogP contribution in [0, 0.1) is 23.7 Å². The molecule has 1 N–H and O–H groups in total. The second-order valence-electron chi connectivity index (χ2n) is 2.32. The molecule has 0 aliphatic rings. The molecule has 0 fully saturated rings. The fourth-order valence-corrected chi connectivity index (χ4v) is 0.477. The lowest BCUT2D eigenvalue weighted by atomic mass is 10.3. The van der Waals surface area contributed by atoms with Gasteiger partial charge in [0.15, 0.2) is 0 Å². The van der Waals surface area contributed by atoms with Crippen molar-refractivity contribution in [3.05, 3.63) is 12.2 Å². The van der Waals surface area contributed by atoms with Gasteiger partial charge in [-0.25, -0.2) is 4.79 Å². The SMILES string of the molecule is CC[C@@H](O)C#CC#C/C=C/C(=O)OC. The monoisotopic (exact) mass is 192 g/mol. The molecule has 0 heterocycles. The van der Waals surface area contributed by atoms with E-state index >= 15 is 0 Å². The van der Waals surface area contributed by atoms with Crippen LogP contribution in [0.1, 0.15) is 13.3 Å².